The van der Waals surface area contributed by atoms with Crippen molar-refractivity contribution >= 4 is 23.2 Å². The number of aryl methyl sites for hydroxylation is 2. The Hall–Kier alpha value is -1.02. The second-order valence-corrected chi connectivity index (χ2v) is 5.09. The Morgan fingerprint density at radius 2 is 2.29 bits per heavy atom. The molecule has 0 fully saturated rings. The lowest BCUT2D eigenvalue weighted by Gasteiger charge is -2.31. The highest BCUT2D eigenvalue weighted by Crippen LogP contribution is 2.29. The molecular formula is C14H18ClNO. The van der Waals surface area contributed by atoms with Gasteiger partial charge in [-0.2, -0.15) is 0 Å². The van der Waals surface area contributed by atoms with Gasteiger partial charge in [0, 0.05) is 24.0 Å². The largest absolute Gasteiger partial charge is 0.312 e. The number of hydrogen-bond acceptors (Lipinski definition) is 1. The molecule has 0 N–H and O–H groups in total. The van der Waals surface area contributed by atoms with Crippen molar-refractivity contribution in [1.29, 1.82) is 0 Å². The number of nitrogens with zero attached hydrogens (tertiary/aromatic N) is 1. The van der Waals surface area contributed by atoms with E-state index in [-0.39, 0.29) is 11.8 Å². The molecule has 1 heterocycles. The topological polar surface area (TPSA) is 20.3 Å². The molecule has 3 heteroatoms. The molecule has 1 atom stereocenters. The van der Waals surface area contributed by atoms with Gasteiger partial charge in [-0.05, 0) is 31.4 Å². The number of carbonyl (C=O) groups excluding carboxylic acids is 1. The summed E-state index contributed by atoms with van der Waals surface area (Å²) in [5, 5.41) is 0. The maximum Gasteiger partial charge on any atom is 0.231 e. The normalized spacial score (nSPS) is 16.5. The minimum absolute atomic E-state index is 0.107. The van der Waals surface area contributed by atoms with E-state index >= 15 is 0 Å². The van der Waals surface area contributed by atoms with Crippen molar-refractivity contribution in [2.24, 2.45) is 5.92 Å². The Balaban J connectivity index is 2.31. The van der Waals surface area contributed by atoms with Crippen LogP contribution in [-0.2, 0) is 11.2 Å². The van der Waals surface area contributed by atoms with Gasteiger partial charge in [0.2, 0.25) is 5.91 Å². The molecule has 1 aliphatic heterocycles. The van der Waals surface area contributed by atoms with E-state index in [9.17, 15) is 4.79 Å². The minimum Gasteiger partial charge on any atom is -0.312 e. The van der Waals surface area contributed by atoms with Gasteiger partial charge in [-0.1, -0.05) is 24.6 Å². The number of benzene rings is 1. The molecule has 1 amide bonds. The summed E-state index contributed by atoms with van der Waals surface area (Å²) in [7, 11) is 0. The van der Waals surface area contributed by atoms with Gasteiger partial charge in [0.25, 0.3) is 0 Å². The number of amides is 1. The highest BCUT2D eigenvalue weighted by molar-refractivity contribution is 6.19. The molecule has 1 unspecified atom stereocenters. The molecule has 2 nitrogen and oxygen atoms in total. The number of halogens is 1. The van der Waals surface area contributed by atoms with Gasteiger partial charge in [0.15, 0.2) is 0 Å². The van der Waals surface area contributed by atoms with Crippen LogP contribution in [0.5, 0.6) is 0 Å². The van der Waals surface area contributed by atoms with E-state index in [2.05, 4.69) is 25.1 Å². The fourth-order valence-corrected chi connectivity index (χ4v) is 2.42. The van der Waals surface area contributed by atoms with Gasteiger partial charge in [-0.25, -0.2) is 0 Å². The van der Waals surface area contributed by atoms with Crippen molar-refractivity contribution in [3.05, 3.63) is 29.3 Å². The third-order valence-electron chi connectivity index (χ3n) is 3.27. The van der Waals surface area contributed by atoms with Crippen molar-refractivity contribution in [3.63, 3.8) is 0 Å². The molecule has 0 saturated carbocycles. The second-order valence-electron chi connectivity index (χ2n) is 4.78. The zero-order valence-corrected chi connectivity index (χ0v) is 11.1. The molecule has 0 aromatic heterocycles. The molecule has 0 radical (unpaired) electrons. The van der Waals surface area contributed by atoms with Crippen LogP contribution in [0.15, 0.2) is 18.2 Å². The first-order valence-corrected chi connectivity index (χ1v) is 6.64. The summed E-state index contributed by atoms with van der Waals surface area (Å²) in [6.07, 6.45) is 2.10. The van der Waals surface area contributed by atoms with Crippen molar-refractivity contribution in [1.82, 2.24) is 0 Å². The first-order chi connectivity index (χ1) is 8.13. The molecule has 1 aliphatic rings. The van der Waals surface area contributed by atoms with E-state index in [1.165, 1.54) is 11.1 Å². The third kappa shape index (κ3) is 2.47. The lowest BCUT2D eigenvalue weighted by molar-refractivity contribution is -0.121. The molecule has 1 aromatic rings. The van der Waals surface area contributed by atoms with Crippen molar-refractivity contribution in [2.75, 3.05) is 17.3 Å². The van der Waals surface area contributed by atoms with Gasteiger partial charge in [-0.3, -0.25) is 4.79 Å². The smallest absolute Gasteiger partial charge is 0.231 e. The average Bonchev–Trinajstić information content (AvgIpc) is 2.35. The van der Waals surface area contributed by atoms with Crippen LogP contribution in [0.1, 0.15) is 24.5 Å². The van der Waals surface area contributed by atoms with E-state index in [1.54, 1.807) is 0 Å². The Labute approximate surface area is 108 Å². The Morgan fingerprint density at radius 3 is 3.00 bits per heavy atom. The van der Waals surface area contributed by atoms with Gasteiger partial charge in [0.05, 0.1) is 0 Å². The third-order valence-corrected chi connectivity index (χ3v) is 3.74. The van der Waals surface area contributed by atoms with Crippen molar-refractivity contribution in [2.45, 2.75) is 26.7 Å². The molecule has 2 rings (SSSR count). The maximum absolute atomic E-state index is 12.2. The summed E-state index contributed by atoms with van der Waals surface area (Å²) in [4.78, 5) is 14.1. The molecule has 92 valence electrons. The summed E-state index contributed by atoms with van der Waals surface area (Å²) >= 11 is 5.77. The van der Waals surface area contributed by atoms with Crippen molar-refractivity contribution in [3.8, 4) is 0 Å². The van der Waals surface area contributed by atoms with Crippen LogP contribution in [-0.4, -0.2) is 18.3 Å². The fourth-order valence-electron chi connectivity index (χ4n) is 2.29. The molecule has 1 aromatic carbocycles. The highest BCUT2D eigenvalue weighted by Gasteiger charge is 2.25. The lowest BCUT2D eigenvalue weighted by atomic mass is 9.98. The minimum atomic E-state index is -0.107. The SMILES string of the molecule is Cc1ccc2c(c1)CCCN2C(=O)C(C)CCl. The number of fused-ring (bicyclic) bond motifs is 1. The van der Waals surface area contributed by atoms with E-state index in [0.29, 0.717) is 5.88 Å². The lowest BCUT2D eigenvalue weighted by Crippen LogP contribution is -2.39. The zero-order chi connectivity index (χ0) is 12.4. The highest BCUT2D eigenvalue weighted by atomic mass is 35.5. The van der Waals surface area contributed by atoms with E-state index in [0.717, 1.165) is 25.1 Å². The quantitative estimate of drug-likeness (QED) is 0.740. The Bertz CT molecular complexity index is 430. The predicted octanol–water partition coefficient (Wildman–Crippen LogP) is 3.15. The van der Waals surface area contributed by atoms with Crippen LogP contribution >= 0.6 is 11.6 Å². The number of hydrogen-bond donors (Lipinski definition) is 0. The fraction of sp³-hybridized carbons (Fsp3) is 0.500. The molecular weight excluding hydrogens is 234 g/mol. The summed E-state index contributed by atoms with van der Waals surface area (Å²) in [5.74, 6) is 0.421. The van der Waals surface area contributed by atoms with Crippen LogP contribution in [0.25, 0.3) is 0 Å². The average molecular weight is 252 g/mol. The molecule has 0 bridgehead atoms. The summed E-state index contributed by atoms with van der Waals surface area (Å²) < 4.78 is 0. The van der Waals surface area contributed by atoms with Crippen LogP contribution in [0.3, 0.4) is 0 Å². The summed E-state index contributed by atoms with van der Waals surface area (Å²) in [6.45, 7) is 4.79. The van der Waals surface area contributed by atoms with E-state index in [4.69, 9.17) is 11.6 Å². The van der Waals surface area contributed by atoms with Gasteiger partial charge in [0.1, 0.15) is 0 Å². The van der Waals surface area contributed by atoms with E-state index < -0.39 is 0 Å². The van der Waals surface area contributed by atoms with Gasteiger partial charge >= 0.3 is 0 Å². The van der Waals surface area contributed by atoms with Gasteiger partial charge < -0.3 is 4.90 Å². The zero-order valence-electron chi connectivity index (χ0n) is 10.4. The molecule has 17 heavy (non-hydrogen) atoms. The molecule has 0 saturated heterocycles. The summed E-state index contributed by atoms with van der Waals surface area (Å²) in [5.41, 5.74) is 3.61. The van der Waals surface area contributed by atoms with E-state index in [1.807, 2.05) is 11.8 Å². The number of rotatable bonds is 2. The first-order valence-electron chi connectivity index (χ1n) is 6.10. The first kappa shape index (κ1) is 12.4. The maximum atomic E-state index is 12.2. The van der Waals surface area contributed by atoms with Gasteiger partial charge in [-0.15, -0.1) is 11.6 Å². The van der Waals surface area contributed by atoms with Crippen LogP contribution in [0.4, 0.5) is 5.69 Å². The predicted molar refractivity (Wildman–Crippen MR) is 71.7 cm³/mol. The number of carbonyl (C=O) groups is 1. The number of anilines is 1. The Kier molecular flexibility index (Phi) is 3.72. The molecule has 0 spiro atoms. The second kappa shape index (κ2) is 5.09. The summed E-state index contributed by atoms with van der Waals surface area (Å²) in [6, 6.07) is 6.30. The standard InChI is InChI=1S/C14H18ClNO/c1-10-5-6-13-12(8-10)4-3-7-16(13)14(17)11(2)9-15/h5-6,8,11H,3-4,7,9H2,1-2H3. The van der Waals surface area contributed by atoms with Crippen LogP contribution < -0.4 is 4.90 Å². The Morgan fingerprint density at radius 1 is 1.53 bits per heavy atom. The number of alkyl halides is 1. The monoisotopic (exact) mass is 251 g/mol. The molecule has 0 aliphatic carbocycles. The van der Waals surface area contributed by atoms with Crippen LogP contribution in [0, 0.1) is 12.8 Å². The van der Waals surface area contributed by atoms with Crippen LogP contribution in [0.2, 0.25) is 0 Å². The van der Waals surface area contributed by atoms with Crippen molar-refractivity contribution < 1.29 is 4.79 Å².